The highest BCUT2D eigenvalue weighted by molar-refractivity contribution is 8.06. The minimum Gasteiger partial charge on any atom is -0.374 e. The SMILES string of the molecule is CCCCCCN1C=CC=CC1.O=S(=O)(NS(=O)(=O)C(F)(F)F)C(F)(F)F.O=S(=O)(NS(=O)(=O)C(F)(F)F)C(F)(F)F. The summed E-state index contributed by atoms with van der Waals surface area (Å²) in [5.41, 5.74) is -24.6. The molecule has 11 nitrogen and oxygen atoms in total. The van der Waals surface area contributed by atoms with Crippen molar-refractivity contribution in [3.8, 4) is 0 Å². The minimum atomic E-state index is -6.60. The number of unbranched alkanes of at least 4 members (excludes halogenated alkanes) is 3. The smallest absolute Gasteiger partial charge is 0.374 e. The van der Waals surface area contributed by atoms with Gasteiger partial charge >= 0.3 is 62.1 Å². The van der Waals surface area contributed by atoms with Crippen LogP contribution in [0.4, 0.5) is 52.7 Å². The van der Waals surface area contributed by atoms with E-state index in [1.165, 1.54) is 32.2 Å². The molecule has 0 bridgehead atoms. The van der Waals surface area contributed by atoms with E-state index >= 15 is 0 Å². The fourth-order valence-corrected chi connectivity index (χ4v) is 5.72. The van der Waals surface area contributed by atoms with E-state index in [-0.39, 0.29) is 0 Å². The predicted octanol–water partition coefficient (Wildman–Crippen LogP) is 3.50. The molecule has 1 heterocycles. The molecule has 0 saturated carbocycles. The van der Waals surface area contributed by atoms with Crippen LogP contribution in [0.25, 0.3) is 0 Å². The van der Waals surface area contributed by atoms with Crippen LogP contribution in [0.1, 0.15) is 32.6 Å². The van der Waals surface area contributed by atoms with Crippen LogP contribution in [0.5, 0.6) is 0 Å². The van der Waals surface area contributed by atoms with Gasteiger partial charge in [-0.15, -0.1) is 0 Å². The average molecular weight is 728 g/mol. The van der Waals surface area contributed by atoms with Crippen molar-refractivity contribution in [2.45, 2.75) is 54.6 Å². The Balaban J connectivity index is 0. The van der Waals surface area contributed by atoms with E-state index in [1.807, 2.05) is 0 Å². The summed E-state index contributed by atoms with van der Waals surface area (Å²) in [6.45, 7) is 4.58. The van der Waals surface area contributed by atoms with E-state index in [4.69, 9.17) is 0 Å². The minimum absolute atomic E-state index is 0.493. The molecule has 0 amide bonds. The molecule has 252 valence electrons. The molecule has 2 N–H and O–H groups in total. The summed E-state index contributed by atoms with van der Waals surface area (Å²) < 4.78 is 217. The Hall–Kier alpha value is -1.84. The van der Waals surface area contributed by atoms with Crippen molar-refractivity contribution < 1.29 is 86.4 Å². The van der Waals surface area contributed by atoms with Crippen molar-refractivity contribution in [2.24, 2.45) is 0 Å². The fraction of sp³-hybridized carbons (Fsp3) is 0.733. The van der Waals surface area contributed by atoms with Gasteiger partial charge in [0.2, 0.25) is 0 Å². The Bertz CT molecular complexity index is 1180. The molecule has 0 aromatic rings. The maximum Gasteiger partial charge on any atom is 0.512 e. The zero-order valence-corrected chi connectivity index (χ0v) is 23.7. The lowest BCUT2D eigenvalue weighted by Gasteiger charge is -2.19. The lowest BCUT2D eigenvalue weighted by atomic mass is 10.2. The fourth-order valence-electron chi connectivity index (χ4n) is 1.89. The van der Waals surface area contributed by atoms with Crippen molar-refractivity contribution in [1.29, 1.82) is 0 Å². The molecule has 1 aliphatic rings. The Morgan fingerprint density at radius 1 is 0.571 bits per heavy atom. The van der Waals surface area contributed by atoms with Crippen LogP contribution in [0.3, 0.4) is 0 Å². The molecule has 0 aliphatic carbocycles. The molecule has 0 unspecified atom stereocenters. The number of alkyl halides is 12. The lowest BCUT2D eigenvalue weighted by molar-refractivity contribution is -0.0487. The summed E-state index contributed by atoms with van der Waals surface area (Å²) in [4.78, 5) is 2.37. The van der Waals surface area contributed by atoms with E-state index in [0.29, 0.717) is 0 Å². The van der Waals surface area contributed by atoms with Crippen molar-refractivity contribution in [2.75, 3.05) is 13.1 Å². The highest BCUT2D eigenvalue weighted by atomic mass is 32.3. The van der Waals surface area contributed by atoms with Crippen molar-refractivity contribution >= 4 is 40.1 Å². The Labute approximate surface area is 231 Å². The first kappa shape index (κ1) is 42.3. The van der Waals surface area contributed by atoms with Crippen LogP contribution in [-0.4, -0.2) is 73.7 Å². The normalized spacial score (nSPS) is 15.4. The van der Waals surface area contributed by atoms with Gasteiger partial charge in [0.1, 0.15) is 0 Å². The molecule has 27 heteroatoms. The third-order valence-corrected chi connectivity index (χ3v) is 9.79. The van der Waals surface area contributed by atoms with Gasteiger partial charge in [-0.3, -0.25) is 0 Å². The molecule has 0 fully saturated rings. The van der Waals surface area contributed by atoms with E-state index in [9.17, 15) is 86.4 Å². The first-order chi connectivity index (χ1) is 18.3. The largest absolute Gasteiger partial charge is 0.512 e. The first-order valence-electron chi connectivity index (χ1n) is 10.2. The number of halogens is 12. The van der Waals surface area contributed by atoms with Crippen LogP contribution in [-0.2, 0) is 40.1 Å². The van der Waals surface area contributed by atoms with Gasteiger partial charge in [0.05, 0.1) is 0 Å². The number of hydrogen-bond acceptors (Lipinski definition) is 9. The quantitative estimate of drug-likeness (QED) is 0.267. The van der Waals surface area contributed by atoms with E-state index in [1.54, 1.807) is 0 Å². The molecule has 1 aliphatic heterocycles. The monoisotopic (exact) mass is 727 g/mol. The van der Waals surface area contributed by atoms with Crippen molar-refractivity contribution in [1.82, 2.24) is 13.2 Å². The highest BCUT2D eigenvalue weighted by Crippen LogP contribution is 2.28. The van der Waals surface area contributed by atoms with Crippen LogP contribution in [0.15, 0.2) is 24.4 Å². The molecule has 0 saturated heterocycles. The molecule has 42 heavy (non-hydrogen) atoms. The van der Waals surface area contributed by atoms with Gasteiger partial charge in [0.25, 0.3) is 0 Å². The second-order valence-electron chi connectivity index (χ2n) is 7.29. The summed E-state index contributed by atoms with van der Waals surface area (Å²) in [6, 6.07) is 0. The molecule has 0 radical (unpaired) electrons. The summed E-state index contributed by atoms with van der Waals surface area (Å²) >= 11 is 0. The van der Waals surface area contributed by atoms with Crippen LogP contribution in [0, 0.1) is 0 Å². The van der Waals surface area contributed by atoms with E-state index in [2.05, 4.69) is 36.3 Å². The van der Waals surface area contributed by atoms with Crippen molar-refractivity contribution in [3.63, 3.8) is 0 Å². The Morgan fingerprint density at radius 3 is 1.14 bits per heavy atom. The van der Waals surface area contributed by atoms with Gasteiger partial charge in [-0.2, -0.15) is 52.7 Å². The van der Waals surface area contributed by atoms with Gasteiger partial charge in [-0.1, -0.05) is 46.6 Å². The molecule has 0 atom stereocenters. The third-order valence-electron chi connectivity index (χ3n) is 3.84. The average Bonchev–Trinajstić information content (AvgIpc) is 2.74. The standard InChI is InChI=1S/C11H19N.2C2HF6NO4S2/c1-2-3-4-6-9-12-10-7-5-8-11-12;2*3-1(4,5)14(10,11)9-15(12,13)2(6,7)8/h5,7-8,10H,2-4,6,9,11H2,1H3;2*9H. The van der Waals surface area contributed by atoms with Gasteiger partial charge in [0.15, 0.2) is 0 Å². The molecule has 0 aromatic carbocycles. The molecule has 0 spiro atoms. The van der Waals surface area contributed by atoms with Gasteiger partial charge in [-0.05, 0) is 18.7 Å². The lowest BCUT2D eigenvalue weighted by Crippen LogP contribution is -2.45. The number of rotatable bonds is 9. The van der Waals surface area contributed by atoms with Crippen LogP contribution >= 0.6 is 0 Å². The number of nitrogens with one attached hydrogen (secondary N) is 2. The molecular weight excluding hydrogens is 706 g/mol. The molecular formula is C15H21F12N3O8S4. The number of allylic oxidation sites excluding steroid dienone is 2. The number of sulfonamides is 4. The summed E-state index contributed by atoms with van der Waals surface area (Å²) in [5, 5.41) is 0. The second kappa shape index (κ2) is 15.2. The van der Waals surface area contributed by atoms with Gasteiger partial charge in [-0.25, -0.2) is 33.7 Å². The van der Waals surface area contributed by atoms with Gasteiger partial charge in [0, 0.05) is 13.1 Å². The summed E-state index contributed by atoms with van der Waals surface area (Å²) in [7, 11) is -26.4. The molecule has 0 aromatic heterocycles. The predicted molar refractivity (Wildman–Crippen MR) is 120 cm³/mol. The van der Waals surface area contributed by atoms with Crippen LogP contribution in [0.2, 0.25) is 0 Å². The third kappa shape index (κ3) is 14.6. The topological polar surface area (TPSA) is 164 Å². The Morgan fingerprint density at radius 2 is 0.905 bits per heavy atom. The van der Waals surface area contributed by atoms with E-state index in [0.717, 1.165) is 6.54 Å². The Kier molecular flexibility index (Phi) is 15.4. The maximum absolute atomic E-state index is 11.5. The number of nitrogens with zero attached hydrogens (tertiary/aromatic N) is 1. The first-order valence-corrected chi connectivity index (χ1v) is 16.2. The van der Waals surface area contributed by atoms with Crippen molar-refractivity contribution in [3.05, 3.63) is 24.4 Å². The second-order valence-corrected chi connectivity index (χ2v) is 14.5. The zero-order valence-electron chi connectivity index (χ0n) is 20.4. The maximum atomic E-state index is 11.5. The van der Waals surface area contributed by atoms with Crippen LogP contribution < -0.4 is 8.25 Å². The van der Waals surface area contributed by atoms with Gasteiger partial charge < -0.3 is 4.90 Å². The molecule has 1 rings (SSSR count). The highest BCUT2D eigenvalue weighted by Gasteiger charge is 2.56. The summed E-state index contributed by atoms with van der Waals surface area (Å²) in [5.74, 6) is 0. The van der Waals surface area contributed by atoms with E-state index < -0.39 is 70.4 Å². The summed E-state index contributed by atoms with van der Waals surface area (Å²) in [6.07, 6.45) is 14.1. The number of hydrogen-bond donors (Lipinski definition) is 2. The zero-order chi connectivity index (χ0) is 34.1.